The normalized spacial score (nSPS) is 18.7. The highest BCUT2D eigenvalue weighted by atomic mass is 32.1. The Morgan fingerprint density at radius 1 is 1.27 bits per heavy atom. The first-order valence-corrected chi connectivity index (χ1v) is 10.5. The Labute approximate surface area is 161 Å². The fourth-order valence-electron chi connectivity index (χ4n) is 3.35. The van der Waals surface area contributed by atoms with Crippen molar-refractivity contribution in [2.24, 2.45) is 0 Å². The first-order chi connectivity index (χ1) is 12.7. The summed E-state index contributed by atoms with van der Waals surface area (Å²) in [6.45, 7) is 4.12. The molecule has 1 aromatic carbocycles. The highest BCUT2D eigenvalue weighted by Crippen LogP contribution is 2.29. The van der Waals surface area contributed by atoms with E-state index in [1.54, 1.807) is 17.5 Å². The highest BCUT2D eigenvalue weighted by molar-refractivity contribution is 7.21. The van der Waals surface area contributed by atoms with Crippen molar-refractivity contribution < 1.29 is 4.79 Å². The molecule has 0 aliphatic carbocycles. The maximum Gasteiger partial charge on any atom is 0.263 e. The van der Waals surface area contributed by atoms with E-state index in [0.717, 1.165) is 29.4 Å². The van der Waals surface area contributed by atoms with Gasteiger partial charge in [-0.3, -0.25) is 9.69 Å². The van der Waals surface area contributed by atoms with Crippen LogP contribution in [0, 0.1) is 0 Å². The lowest BCUT2D eigenvalue weighted by molar-refractivity contribution is 0.0940. The lowest BCUT2D eigenvalue weighted by Gasteiger charge is -2.24. The van der Waals surface area contributed by atoms with E-state index in [2.05, 4.69) is 46.4 Å². The van der Waals surface area contributed by atoms with E-state index in [9.17, 15) is 4.79 Å². The van der Waals surface area contributed by atoms with E-state index in [4.69, 9.17) is 0 Å². The van der Waals surface area contributed by atoms with Gasteiger partial charge >= 0.3 is 0 Å². The van der Waals surface area contributed by atoms with Crippen LogP contribution in [0.5, 0.6) is 0 Å². The van der Waals surface area contributed by atoms with Crippen LogP contribution in [0.25, 0.3) is 9.88 Å². The van der Waals surface area contributed by atoms with Gasteiger partial charge in [-0.15, -0.1) is 22.7 Å². The van der Waals surface area contributed by atoms with Gasteiger partial charge < -0.3 is 5.32 Å². The number of likely N-dealkylation sites (tertiary alicyclic amines) is 1. The van der Waals surface area contributed by atoms with E-state index < -0.39 is 0 Å². The second kappa shape index (κ2) is 7.70. The molecule has 0 bridgehead atoms. The zero-order valence-electron chi connectivity index (χ0n) is 14.6. The molecule has 1 aliphatic rings. The maximum atomic E-state index is 12.6. The van der Waals surface area contributed by atoms with Crippen molar-refractivity contribution in [3.8, 4) is 9.88 Å². The summed E-state index contributed by atoms with van der Waals surface area (Å²) in [6, 6.07) is 15.1. The number of hydrogen-bond acceptors (Lipinski definition) is 5. The zero-order chi connectivity index (χ0) is 17.9. The number of aromatic nitrogens is 1. The summed E-state index contributed by atoms with van der Waals surface area (Å²) in [5.41, 5.74) is 1.32. The van der Waals surface area contributed by atoms with E-state index in [-0.39, 0.29) is 11.9 Å². The van der Waals surface area contributed by atoms with E-state index in [1.165, 1.54) is 16.9 Å². The molecule has 134 valence electrons. The van der Waals surface area contributed by atoms with Crippen LogP contribution in [0.15, 0.2) is 54.0 Å². The minimum absolute atomic E-state index is 0.00970. The monoisotopic (exact) mass is 383 g/mol. The third-order valence-electron chi connectivity index (χ3n) is 4.85. The number of hydrogen-bond donors (Lipinski definition) is 1. The lowest BCUT2D eigenvalue weighted by Crippen LogP contribution is -2.37. The Balaban J connectivity index is 1.36. The van der Waals surface area contributed by atoms with Crippen molar-refractivity contribution >= 4 is 28.6 Å². The summed E-state index contributed by atoms with van der Waals surface area (Å²) in [6.07, 6.45) is 2.67. The maximum absolute atomic E-state index is 12.6. The number of thiophene rings is 1. The smallest absolute Gasteiger partial charge is 0.263 e. The molecule has 3 aromatic rings. The average Bonchev–Trinajstić information content (AvgIpc) is 3.41. The molecule has 4 rings (SSSR count). The summed E-state index contributed by atoms with van der Waals surface area (Å²) >= 11 is 3.10. The molecule has 2 atom stereocenters. The molecule has 0 spiro atoms. The molecule has 0 saturated carbocycles. The highest BCUT2D eigenvalue weighted by Gasteiger charge is 2.28. The fraction of sp³-hybridized carbons (Fsp3) is 0.300. The summed E-state index contributed by atoms with van der Waals surface area (Å²) in [5.74, 6) is -0.00970. The standard InChI is InChI=1S/C20H21N3OS2/c1-14(15-6-3-2-4-7-15)23-10-9-16(13-23)22-19(24)18-12-21-20(26-18)17-8-5-11-25-17/h2-8,11-12,14,16H,9-10,13H2,1H3,(H,22,24). The molecule has 26 heavy (non-hydrogen) atoms. The molecule has 2 aromatic heterocycles. The summed E-state index contributed by atoms with van der Waals surface area (Å²) in [7, 11) is 0. The number of carbonyl (C=O) groups excluding carboxylic acids is 1. The van der Waals surface area contributed by atoms with Crippen molar-refractivity contribution in [1.82, 2.24) is 15.2 Å². The van der Waals surface area contributed by atoms with Crippen molar-refractivity contribution in [2.45, 2.75) is 25.4 Å². The zero-order valence-corrected chi connectivity index (χ0v) is 16.2. The molecular formula is C20H21N3OS2. The number of rotatable bonds is 5. The Kier molecular flexibility index (Phi) is 5.15. The van der Waals surface area contributed by atoms with Crippen LogP contribution >= 0.6 is 22.7 Å². The third kappa shape index (κ3) is 3.72. The molecule has 1 aliphatic heterocycles. The quantitative estimate of drug-likeness (QED) is 0.709. The topological polar surface area (TPSA) is 45.2 Å². The molecule has 0 radical (unpaired) electrons. The van der Waals surface area contributed by atoms with Gasteiger partial charge in [0, 0.05) is 25.2 Å². The van der Waals surface area contributed by atoms with Gasteiger partial charge in [-0.05, 0) is 30.4 Å². The number of nitrogens with zero attached hydrogens (tertiary/aromatic N) is 2. The SMILES string of the molecule is CC(c1ccccc1)N1CCC(NC(=O)c2cnc(-c3cccs3)s2)C1. The fourth-order valence-corrected chi connectivity index (χ4v) is 4.97. The molecule has 1 fully saturated rings. The average molecular weight is 384 g/mol. The van der Waals surface area contributed by atoms with Crippen LogP contribution in [0.3, 0.4) is 0 Å². The van der Waals surface area contributed by atoms with E-state index >= 15 is 0 Å². The Hall–Kier alpha value is -2.02. The lowest BCUT2D eigenvalue weighted by atomic mass is 10.1. The van der Waals surface area contributed by atoms with Gasteiger partial charge in [0.05, 0.1) is 11.1 Å². The number of thiazole rings is 1. The minimum Gasteiger partial charge on any atom is -0.347 e. The predicted octanol–water partition coefficient (Wildman–Crippen LogP) is 4.44. The first-order valence-electron chi connectivity index (χ1n) is 8.80. The first kappa shape index (κ1) is 17.4. The molecule has 3 heterocycles. The van der Waals surface area contributed by atoms with E-state index in [1.807, 2.05) is 23.6 Å². The van der Waals surface area contributed by atoms with Gasteiger partial charge in [0.25, 0.3) is 5.91 Å². The van der Waals surface area contributed by atoms with Gasteiger partial charge in [-0.1, -0.05) is 36.4 Å². The molecule has 1 saturated heterocycles. The Morgan fingerprint density at radius 2 is 2.12 bits per heavy atom. The molecule has 2 unspecified atom stereocenters. The molecule has 1 N–H and O–H groups in total. The minimum atomic E-state index is -0.00970. The Bertz CT molecular complexity index is 860. The van der Waals surface area contributed by atoms with Crippen LogP contribution in [-0.2, 0) is 0 Å². The molecule has 4 nitrogen and oxygen atoms in total. The second-order valence-corrected chi connectivity index (χ2v) is 8.53. The molecular weight excluding hydrogens is 362 g/mol. The van der Waals surface area contributed by atoms with Gasteiger partial charge in [-0.25, -0.2) is 4.98 Å². The predicted molar refractivity (Wildman–Crippen MR) is 108 cm³/mol. The molecule has 1 amide bonds. The van der Waals surface area contributed by atoms with Gasteiger partial charge in [-0.2, -0.15) is 0 Å². The van der Waals surface area contributed by atoms with Crippen molar-refractivity contribution in [2.75, 3.05) is 13.1 Å². The van der Waals surface area contributed by atoms with Crippen LogP contribution in [0.4, 0.5) is 0 Å². The molecule has 6 heteroatoms. The van der Waals surface area contributed by atoms with Crippen LogP contribution in [0.2, 0.25) is 0 Å². The van der Waals surface area contributed by atoms with Crippen LogP contribution in [0.1, 0.15) is 34.6 Å². The number of nitrogens with one attached hydrogen (secondary N) is 1. The van der Waals surface area contributed by atoms with Crippen molar-refractivity contribution in [1.29, 1.82) is 0 Å². The van der Waals surface area contributed by atoms with Crippen molar-refractivity contribution in [3.63, 3.8) is 0 Å². The number of benzene rings is 1. The Morgan fingerprint density at radius 3 is 2.88 bits per heavy atom. The number of amides is 1. The van der Waals surface area contributed by atoms with Crippen molar-refractivity contribution in [3.05, 3.63) is 64.5 Å². The van der Waals surface area contributed by atoms with E-state index in [0.29, 0.717) is 10.9 Å². The summed E-state index contributed by atoms with van der Waals surface area (Å²) in [5, 5.41) is 6.12. The van der Waals surface area contributed by atoms with Gasteiger partial charge in [0.2, 0.25) is 0 Å². The summed E-state index contributed by atoms with van der Waals surface area (Å²) in [4.78, 5) is 21.2. The van der Waals surface area contributed by atoms with Gasteiger partial charge in [0.15, 0.2) is 0 Å². The second-order valence-electron chi connectivity index (χ2n) is 6.55. The number of carbonyl (C=O) groups is 1. The van der Waals surface area contributed by atoms with Crippen LogP contribution < -0.4 is 5.32 Å². The third-order valence-corrected chi connectivity index (χ3v) is 6.88. The largest absolute Gasteiger partial charge is 0.347 e. The van der Waals surface area contributed by atoms with Gasteiger partial charge in [0.1, 0.15) is 9.88 Å². The summed E-state index contributed by atoms with van der Waals surface area (Å²) < 4.78 is 0. The van der Waals surface area contributed by atoms with Crippen LogP contribution in [-0.4, -0.2) is 34.9 Å².